The molecular formula is C15H20ClN. The molecule has 0 spiro atoms. The van der Waals surface area contributed by atoms with Crippen molar-refractivity contribution in [3.8, 4) is 0 Å². The lowest BCUT2D eigenvalue weighted by Gasteiger charge is -2.17. The molecule has 3 rings (SSSR count). The van der Waals surface area contributed by atoms with Gasteiger partial charge in [0.15, 0.2) is 0 Å². The van der Waals surface area contributed by atoms with Gasteiger partial charge in [0.2, 0.25) is 0 Å². The average Bonchev–Trinajstić information content (AvgIpc) is 3.08. The fraction of sp³-hybridized carbons (Fsp3) is 0.600. The van der Waals surface area contributed by atoms with Crippen molar-refractivity contribution >= 4 is 11.6 Å². The minimum absolute atomic E-state index is 0.559. The zero-order chi connectivity index (χ0) is 11.8. The second kappa shape index (κ2) is 4.62. The van der Waals surface area contributed by atoms with Crippen LogP contribution in [0.4, 0.5) is 0 Å². The van der Waals surface area contributed by atoms with Crippen molar-refractivity contribution in [2.75, 3.05) is 6.54 Å². The molecule has 1 aromatic rings. The van der Waals surface area contributed by atoms with Crippen LogP contribution in [-0.4, -0.2) is 6.54 Å². The van der Waals surface area contributed by atoms with Crippen molar-refractivity contribution in [2.24, 2.45) is 11.8 Å². The number of rotatable bonds is 4. The van der Waals surface area contributed by atoms with Crippen LogP contribution in [0.5, 0.6) is 0 Å². The van der Waals surface area contributed by atoms with Crippen LogP contribution >= 0.6 is 11.6 Å². The minimum Gasteiger partial charge on any atom is -0.310 e. The van der Waals surface area contributed by atoms with Gasteiger partial charge in [-0.2, -0.15) is 0 Å². The Labute approximate surface area is 109 Å². The van der Waals surface area contributed by atoms with Crippen LogP contribution in [0.15, 0.2) is 18.2 Å². The van der Waals surface area contributed by atoms with Crippen LogP contribution in [-0.2, 0) is 6.42 Å². The average molecular weight is 250 g/mol. The normalized spacial score (nSPS) is 24.7. The van der Waals surface area contributed by atoms with Crippen molar-refractivity contribution in [3.05, 3.63) is 34.3 Å². The lowest BCUT2D eigenvalue weighted by molar-refractivity contribution is 0.418. The molecule has 2 aliphatic carbocycles. The first-order chi connectivity index (χ1) is 8.24. The van der Waals surface area contributed by atoms with Gasteiger partial charge in [-0.25, -0.2) is 0 Å². The highest BCUT2D eigenvalue weighted by Gasteiger charge is 2.29. The molecule has 92 valence electrons. The molecule has 2 atom stereocenters. The van der Waals surface area contributed by atoms with E-state index in [4.69, 9.17) is 11.6 Å². The maximum Gasteiger partial charge on any atom is 0.0408 e. The zero-order valence-electron chi connectivity index (χ0n) is 10.4. The molecule has 1 aromatic carbocycles. The maximum atomic E-state index is 6.03. The molecule has 17 heavy (non-hydrogen) atoms. The Balaban J connectivity index is 1.62. The smallest absolute Gasteiger partial charge is 0.0408 e. The molecule has 0 saturated heterocycles. The van der Waals surface area contributed by atoms with E-state index in [0.29, 0.717) is 6.04 Å². The predicted molar refractivity (Wildman–Crippen MR) is 72.4 cm³/mol. The van der Waals surface area contributed by atoms with Gasteiger partial charge in [-0.3, -0.25) is 0 Å². The van der Waals surface area contributed by atoms with Gasteiger partial charge < -0.3 is 5.32 Å². The van der Waals surface area contributed by atoms with Crippen molar-refractivity contribution in [1.29, 1.82) is 0 Å². The van der Waals surface area contributed by atoms with Crippen LogP contribution < -0.4 is 5.32 Å². The molecule has 0 radical (unpaired) electrons. The summed E-state index contributed by atoms with van der Waals surface area (Å²) in [5.74, 6) is 1.83. The van der Waals surface area contributed by atoms with E-state index < -0.39 is 0 Å². The third-order valence-electron chi connectivity index (χ3n) is 4.30. The second-order valence-electron chi connectivity index (χ2n) is 5.66. The molecule has 0 amide bonds. The summed E-state index contributed by atoms with van der Waals surface area (Å²) in [5.41, 5.74) is 2.91. The lowest BCUT2D eigenvalue weighted by Crippen LogP contribution is -2.25. The Morgan fingerprint density at radius 1 is 1.35 bits per heavy atom. The van der Waals surface area contributed by atoms with E-state index >= 15 is 0 Å². The fourth-order valence-corrected chi connectivity index (χ4v) is 3.15. The summed E-state index contributed by atoms with van der Waals surface area (Å²) < 4.78 is 0. The summed E-state index contributed by atoms with van der Waals surface area (Å²) in [6.07, 6.45) is 5.29. The largest absolute Gasteiger partial charge is 0.310 e. The van der Waals surface area contributed by atoms with Gasteiger partial charge in [0.25, 0.3) is 0 Å². The molecule has 1 nitrogen and oxygen atoms in total. The van der Waals surface area contributed by atoms with Gasteiger partial charge in [-0.1, -0.05) is 24.6 Å². The molecule has 2 aliphatic rings. The van der Waals surface area contributed by atoms with E-state index in [-0.39, 0.29) is 0 Å². The first kappa shape index (κ1) is 11.6. The molecule has 0 bridgehead atoms. The predicted octanol–water partition coefficient (Wildman–Crippen LogP) is 3.96. The van der Waals surface area contributed by atoms with E-state index in [0.717, 1.165) is 23.4 Å². The summed E-state index contributed by atoms with van der Waals surface area (Å²) in [4.78, 5) is 0. The number of nitrogens with one attached hydrogen (secondary N) is 1. The van der Waals surface area contributed by atoms with Crippen LogP contribution in [0, 0.1) is 11.8 Å². The molecular weight excluding hydrogens is 230 g/mol. The van der Waals surface area contributed by atoms with Crippen molar-refractivity contribution in [2.45, 2.75) is 38.6 Å². The number of hydrogen-bond acceptors (Lipinski definition) is 1. The number of benzene rings is 1. The molecule has 1 N–H and O–H groups in total. The quantitative estimate of drug-likeness (QED) is 0.852. The van der Waals surface area contributed by atoms with Crippen molar-refractivity contribution in [3.63, 3.8) is 0 Å². The summed E-state index contributed by atoms with van der Waals surface area (Å²) in [5, 5.41) is 4.61. The molecule has 2 heteroatoms. The van der Waals surface area contributed by atoms with E-state index in [1.165, 1.54) is 36.8 Å². The summed E-state index contributed by atoms with van der Waals surface area (Å²) in [6, 6.07) is 6.90. The number of fused-ring (bicyclic) bond motifs is 1. The van der Waals surface area contributed by atoms with Gasteiger partial charge in [0.1, 0.15) is 0 Å². The molecule has 1 fully saturated rings. The third kappa shape index (κ3) is 2.51. The summed E-state index contributed by atoms with van der Waals surface area (Å²) >= 11 is 6.03. The van der Waals surface area contributed by atoms with Gasteiger partial charge in [0, 0.05) is 11.1 Å². The summed E-state index contributed by atoms with van der Waals surface area (Å²) in [6.45, 7) is 3.54. The highest BCUT2D eigenvalue weighted by Crippen LogP contribution is 2.37. The minimum atomic E-state index is 0.559. The van der Waals surface area contributed by atoms with E-state index in [2.05, 4.69) is 24.4 Å². The van der Waals surface area contributed by atoms with E-state index in [9.17, 15) is 0 Å². The monoisotopic (exact) mass is 249 g/mol. The van der Waals surface area contributed by atoms with Gasteiger partial charge >= 0.3 is 0 Å². The van der Waals surface area contributed by atoms with Gasteiger partial charge in [0.05, 0.1) is 0 Å². The summed E-state index contributed by atoms with van der Waals surface area (Å²) in [7, 11) is 0. The van der Waals surface area contributed by atoms with Gasteiger partial charge in [-0.15, -0.1) is 0 Å². The Kier molecular flexibility index (Phi) is 3.14. The third-order valence-corrected chi connectivity index (χ3v) is 4.53. The number of aryl methyl sites for hydroxylation is 1. The van der Waals surface area contributed by atoms with Crippen molar-refractivity contribution in [1.82, 2.24) is 5.32 Å². The highest BCUT2D eigenvalue weighted by atomic mass is 35.5. The molecule has 1 saturated carbocycles. The van der Waals surface area contributed by atoms with Crippen molar-refractivity contribution < 1.29 is 0 Å². The van der Waals surface area contributed by atoms with Crippen LogP contribution in [0.25, 0.3) is 0 Å². The topological polar surface area (TPSA) is 12.0 Å². The van der Waals surface area contributed by atoms with Crippen LogP contribution in [0.3, 0.4) is 0 Å². The molecule has 0 heterocycles. The Morgan fingerprint density at radius 2 is 2.18 bits per heavy atom. The Morgan fingerprint density at radius 3 is 2.94 bits per heavy atom. The Hall–Kier alpha value is -0.530. The molecule has 2 unspecified atom stereocenters. The standard InChI is InChI=1S/C15H20ClN/c1-10(11-2-3-11)9-17-15-7-4-12-8-13(16)5-6-14(12)15/h5-6,8,10-11,15,17H,2-4,7,9H2,1H3. The highest BCUT2D eigenvalue weighted by molar-refractivity contribution is 6.30. The van der Waals surface area contributed by atoms with E-state index in [1.54, 1.807) is 0 Å². The lowest BCUT2D eigenvalue weighted by atomic mass is 10.0. The van der Waals surface area contributed by atoms with E-state index in [1.807, 2.05) is 6.07 Å². The number of halogens is 1. The van der Waals surface area contributed by atoms with Crippen LogP contribution in [0.2, 0.25) is 5.02 Å². The maximum absolute atomic E-state index is 6.03. The second-order valence-corrected chi connectivity index (χ2v) is 6.09. The first-order valence-electron chi connectivity index (χ1n) is 6.76. The SMILES string of the molecule is CC(CNC1CCc2cc(Cl)ccc21)C1CC1. The first-order valence-corrected chi connectivity index (χ1v) is 7.13. The zero-order valence-corrected chi connectivity index (χ0v) is 11.1. The fourth-order valence-electron chi connectivity index (χ4n) is 2.96. The Bertz CT molecular complexity index is 411. The molecule has 0 aliphatic heterocycles. The molecule has 0 aromatic heterocycles. The van der Waals surface area contributed by atoms with Crippen LogP contribution in [0.1, 0.15) is 43.4 Å². The number of hydrogen-bond donors (Lipinski definition) is 1. The van der Waals surface area contributed by atoms with Gasteiger partial charge in [-0.05, 0) is 67.3 Å².